The third kappa shape index (κ3) is 2.72. The molecule has 0 amide bonds. The van der Waals surface area contributed by atoms with Crippen LogP contribution in [0.2, 0.25) is 0 Å². The van der Waals surface area contributed by atoms with Crippen LogP contribution in [0.4, 0.5) is 18.9 Å². The molecule has 0 aliphatic carbocycles. The van der Waals surface area contributed by atoms with Crippen LogP contribution in [0.1, 0.15) is 5.56 Å². The summed E-state index contributed by atoms with van der Waals surface area (Å²) in [6, 6.07) is 8.99. The minimum Gasteiger partial charge on any atom is -0.256 e. The molecular weight excluding hydrogens is 227 g/mol. The van der Waals surface area contributed by atoms with Gasteiger partial charge in [0.2, 0.25) is 0 Å². The number of hydrogen-bond acceptors (Lipinski definition) is 1. The molecular formula is C13H8F3N. The lowest BCUT2D eigenvalue weighted by Gasteiger charge is -1.98. The summed E-state index contributed by atoms with van der Waals surface area (Å²) in [6.07, 6.45) is 1.04. The van der Waals surface area contributed by atoms with E-state index in [9.17, 15) is 13.2 Å². The molecule has 0 saturated heterocycles. The summed E-state index contributed by atoms with van der Waals surface area (Å²) >= 11 is 0. The van der Waals surface area contributed by atoms with E-state index in [1.807, 2.05) is 0 Å². The molecule has 0 radical (unpaired) electrons. The van der Waals surface area contributed by atoms with Gasteiger partial charge < -0.3 is 0 Å². The first-order valence-corrected chi connectivity index (χ1v) is 4.90. The van der Waals surface area contributed by atoms with Crippen LogP contribution >= 0.6 is 0 Å². The number of hydrogen-bond donors (Lipinski definition) is 0. The second kappa shape index (κ2) is 4.82. The van der Waals surface area contributed by atoms with Crippen LogP contribution in [-0.4, -0.2) is 6.21 Å². The van der Waals surface area contributed by atoms with E-state index in [2.05, 4.69) is 4.99 Å². The number of aliphatic imine (C=N–C) groups is 1. The molecule has 0 aromatic heterocycles. The molecule has 0 spiro atoms. The Morgan fingerprint density at radius 3 is 2.18 bits per heavy atom. The Morgan fingerprint density at radius 2 is 1.53 bits per heavy atom. The summed E-state index contributed by atoms with van der Waals surface area (Å²) in [6.45, 7) is 0. The van der Waals surface area contributed by atoms with Crippen molar-refractivity contribution in [2.24, 2.45) is 4.99 Å². The predicted octanol–water partition coefficient (Wildman–Crippen LogP) is 3.85. The Labute approximate surface area is 96.2 Å². The molecule has 0 fully saturated rings. The average molecular weight is 235 g/mol. The van der Waals surface area contributed by atoms with Crippen molar-refractivity contribution in [3.05, 3.63) is 65.5 Å². The van der Waals surface area contributed by atoms with Crippen LogP contribution < -0.4 is 0 Å². The van der Waals surface area contributed by atoms with E-state index in [0.29, 0.717) is 5.69 Å². The van der Waals surface area contributed by atoms with Crippen LogP contribution in [-0.2, 0) is 0 Å². The lowest BCUT2D eigenvalue weighted by atomic mass is 10.2. The lowest BCUT2D eigenvalue weighted by molar-refractivity contribution is 0.580. The van der Waals surface area contributed by atoms with Gasteiger partial charge in [-0.2, -0.15) is 0 Å². The van der Waals surface area contributed by atoms with Gasteiger partial charge in [-0.15, -0.1) is 0 Å². The van der Waals surface area contributed by atoms with Gasteiger partial charge in [0.05, 0.1) is 11.3 Å². The molecule has 0 N–H and O–H groups in total. The molecule has 4 heteroatoms. The van der Waals surface area contributed by atoms with E-state index in [1.165, 1.54) is 24.3 Å². The van der Waals surface area contributed by atoms with Gasteiger partial charge in [0.15, 0.2) is 0 Å². The summed E-state index contributed by atoms with van der Waals surface area (Å²) in [5, 5.41) is 0. The van der Waals surface area contributed by atoms with Crippen LogP contribution in [0.3, 0.4) is 0 Å². The van der Waals surface area contributed by atoms with Crippen molar-refractivity contribution >= 4 is 11.9 Å². The van der Waals surface area contributed by atoms with Gasteiger partial charge in [0.1, 0.15) is 17.5 Å². The number of nitrogens with zero attached hydrogens (tertiary/aromatic N) is 1. The third-order valence-corrected chi connectivity index (χ3v) is 2.15. The molecule has 17 heavy (non-hydrogen) atoms. The topological polar surface area (TPSA) is 12.4 Å². The Hall–Kier alpha value is -2.10. The van der Waals surface area contributed by atoms with Crippen LogP contribution in [0.15, 0.2) is 47.5 Å². The summed E-state index contributed by atoms with van der Waals surface area (Å²) in [4.78, 5) is 3.81. The van der Waals surface area contributed by atoms with Crippen molar-refractivity contribution in [2.75, 3.05) is 0 Å². The Bertz CT molecular complexity index is 544. The zero-order valence-corrected chi connectivity index (χ0v) is 8.70. The highest BCUT2D eigenvalue weighted by atomic mass is 19.1. The number of rotatable bonds is 2. The molecule has 2 aromatic carbocycles. The quantitative estimate of drug-likeness (QED) is 0.701. The van der Waals surface area contributed by atoms with Gasteiger partial charge >= 0.3 is 0 Å². The van der Waals surface area contributed by atoms with E-state index in [1.54, 1.807) is 6.07 Å². The van der Waals surface area contributed by atoms with Crippen molar-refractivity contribution in [1.82, 2.24) is 0 Å². The average Bonchev–Trinajstić information content (AvgIpc) is 2.28. The standard InChI is InChI=1S/C13H8F3N/c14-9-3-1-4-10(7-9)17-8-11-12(15)5-2-6-13(11)16/h1-8H/b17-8+. The summed E-state index contributed by atoms with van der Waals surface area (Å²) < 4.78 is 39.3. The number of benzene rings is 2. The SMILES string of the molecule is Fc1cccc(/N=C/c2c(F)cccc2F)c1. The molecule has 0 saturated carbocycles. The second-order valence-corrected chi connectivity index (χ2v) is 3.37. The molecule has 2 rings (SSSR count). The first-order chi connectivity index (χ1) is 8.16. The highest BCUT2D eigenvalue weighted by Crippen LogP contribution is 2.15. The largest absolute Gasteiger partial charge is 0.256 e. The minimum atomic E-state index is -0.704. The van der Waals surface area contributed by atoms with Crippen molar-refractivity contribution < 1.29 is 13.2 Å². The van der Waals surface area contributed by atoms with E-state index in [4.69, 9.17) is 0 Å². The zero-order valence-electron chi connectivity index (χ0n) is 8.70. The predicted molar refractivity (Wildman–Crippen MR) is 60.0 cm³/mol. The highest BCUT2D eigenvalue weighted by Gasteiger charge is 2.04. The fourth-order valence-corrected chi connectivity index (χ4v) is 1.33. The summed E-state index contributed by atoms with van der Waals surface area (Å²) in [7, 11) is 0. The molecule has 0 aliphatic rings. The van der Waals surface area contributed by atoms with E-state index < -0.39 is 17.5 Å². The summed E-state index contributed by atoms with van der Waals surface area (Å²) in [5.74, 6) is -1.86. The fraction of sp³-hybridized carbons (Fsp3) is 0. The third-order valence-electron chi connectivity index (χ3n) is 2.15. The first kappa shape index (κ1) is 11.4. The molecule has 0 unspecified atom stereocenters. The molecule has 1 nitrogen and oxygen atoms in total. The van der Waals surface area contributed by atoms with E-state index >= 15 is 0 Å². The molecule has 0 aliphatic heterocycles. The number of halogens is 3. The Balaban J connectivity index is 2.32. The smallest absolute Gasteiger partial charge is 0.134 e. The van der Waals surface area contributed by atoms with Crippen molar-refractivity contribution in [3.63, 3.8) is 0 Å². The van der Waals surface area contributed by atoms with Crippen molar-refractivity contribution in [2.45, 2.75) is 0 Å². The van der Waals surface area contributed by atoms with Gasteiger partial charge in [-0.1, -0.05) is 12.1 Å². The van der Waals surface area contributed by atoms with E-state index in [0.717, 1.165) is 18.3 Å². The molecule has 86 valence electrons. The van der Waals surface area contributed by atoms with Crippen molar-refractivity contribution in [1.29, 1.82) is 0 Å². The zero-order chi connectivity index (χ0) is 12.3. The van der Waals surface area contributed by atoms with Gasteiger partial charge in [-0.05, 0) is 30.3 Å². The molecule has 0 bridgehead atoms. The van der Waals surface area contributed by atoms with Crippen LogP contribution in [0.5, 0.6) is 0 Å². The Kier molecular flexibility index (Phi) is 3.23. The molecule has 2 aromatic rings. The molecule has 0 atom stereocenters. The monoisotopic (exact) mass is 235 g/mol. The van der Waals surface area contributed by atoms with Gasteiger partial charge in [-0.25, -0.2) is 13.2 Å². The maximum Gasteiger partial charge on any atom is 0.134 e. The Morgan fingerprint density at radius 1 is 0.882 bits per heavy atom. The second-order valence-electron chi connectivity index (χ2n) is 3.37. The fourth-order valence-electron chi connectivity index (χ4n) is 1.33. The maximum absolute atomic E-state index is 13.2. The van der Waals surface area contributed by atoms with Gasteiger partial charge in [0.25, 0.3) is 0 Å². The van der Waals surface area contributed by atoms with Crippen molar-refractivity contribution in [3.8, 4) is 0 Å². The van der Waals surface area contributed by atoms with Gasteiger partial charge in [0, 0.05) is 6.21 Å². The first-order valence-electron chi connectivity index (χ1n) is 4.90. The normalized spacial score (nSPS) is 11.0. The maximum atomic E-state index is 13.2. The van der Waals surface area contributed by atoms with Crippen LogP contribution in [0, 0.1) is 17.5 Å². The lowest BCUT2D eigenvalue weighted by Crippen LogP contribution is -1.92. The van der Waals surface area contributed by atoms with Gasteiger partial charge in [-0.3, -0.25) is 4.99 Å². The highest BCUT2D eigenvalue weighted by molar-refractivity contribution is 5.82. The van der Waals surface area contributed by atoms with Crippen LogP contribution in [0.25, 0.3) is 0 Å². The summed E-state index contributed by atoms with van der Waals surface area (Å²) in [5.41, 5.74) is 0.0596. The van der Waals surface area contributed by atoms with E-state index in [-0.39, 0.29) is 5.56 Å². The minimum absolute atomic E-state index is 0.239. The molecule has 0 heterocycles.